The van der Waals surface area contributed by atoms with Gasteiger partial charge in [-0.25, -0.2) is 0 Å². The lowest BCUT2D eigenvalue weighted by molar-refractivity contribution is 0.807. The SMILES string of the molecule is CCc1ccccc1CNC(=NC)NCc1sccc1C. The molecule has 2 N–H and O–H groups in total. The van der Waals surface area contributed by atoms with Crippen LogP contribution in [0, 0.1) is 6.92 Å². The first-order chi connectivity index (χ1) is 10.2. The Bertz CT molecular complexity index is 602. The zero-order valence-electron chi connectivity index (χ0n) is 12.9. The Hall–Kier alpha value is -1.81. The minimum atomic E-state index is 0.799. The van der Waals surface area contributed by atoms with Crippen molar-refractivity contribution in [2.45, 2.75) is 33.4 Å². The van der Waals surface area contributed by atoms with Crippen LogP contribution in [-0.4, -0.2) is 13.0 Å². The van der Waals surface area contributed by atoms with Gasteiger partial charge in [-0.1, -0.05) is 31.2 Å². The Kier molecular flexibility index (Phi) is 5.81. The summed E-state index contributed by atoms with van der Waals surface area (Å²) in [4.78, 5) is 5.64. The first-order valence-corrected chi connectivity index (χ1v) is 8.16. The molecule has 0 fully saturated rings. The van der Waals surface area contributed by atoms with Crippen molar-refractivity contribution in [2.75, 3.05) is 7.05 Å². The molecule has 112 valence electrons. The van der Waals surface area contributed by atoms with Crippen molar-refractivity contribution in [1.82, 2.24) is 10.6 Å². The summed E-state index contributed by atoms with van der Waals surface area (Å²) < 4.78 is 0. The van der Waals surface area contributed by atoms with E-state index in [4.69, 9.17) is 0 Å². The van der Waals surface area contributed by atoms with Gasteiger partial charge in [-0.15, -0.1) is 11.3 Å². The van der Waals surface area contributed by atoms with E-state index in [0.717, 1.165) is 25.5 Å². The number of guanidine groups is 1. The van der Waals surface area contributed by atoms with Crippen molar-refractivity contribution in [3.8, 4) is 0 Å². The van der Waals surface area contributed by atoms with Gasteiger partial charge < -0.3 is 10.6 Å². The number of nitrogens with zero attached hydrogens (tertiary/aromatic N) is 1. The molecule has 0 radical (unpaired) electrons. The van der Waals surface area contributed by atoms with E-state index < -0.39 is 0 Å². The van der Waals surface area contributed by atoms with Crippen molar-refractivity contribution in [3.63, 3.8) is 0 Å². The second-order valence-corrected chi connectivity index (χ2v) is 5.93. The molecule has 1 aromatic carbocycles. The summed E-state index contributed by atoms with van der Waals surface area (Å²) in [7, 11) is 1.81. The Balaban J connectivity index is 1.90. The fraction of sp³-hybridized carbons (Fsp3) is 0.353. The smallest absolute Gasteiger partial charge is 0.191 e. The molecular formula is C17H23N3S. The van der Waals surface area contributed by atoms with Crippen LogP contribution in [0.25, 0.3) is 0 Å². The summed E-state index contributed by atoms with van der Waals surface area (Å²) in [6.45, 7) is 5.94. The number of aryl methyl sites for hydroxylation is 2. The highest BCUT2D eigenvalue weighted by atomic mass is 32.1. The summed E-state index contributed by atoms with van der Waals surface area (Å²) >= 11 is 1.78. The maximum atomic E-state index is 4.29. The van der Waals surface area contributed by atoms with E-state index in [-0.39, 0.29) is 0 Å². The molecule has 0 saturated carbocycles. The molecule has 0 bridgehead atoms. The van der Waals surface area contributed by atoms with E-state index in [1.807, 2.05) is 7.05 Å². The van der Waals surface area contributed by atoms with Crippen LogP contribution in [0.5, 0.6) is 0 Å². The van der Waals surface area contributed by atoms with E-state index in [1.165, 1.54) is 21.6 Å². The van der Waals surface area contributed by atoms with Crippen LogP contribution in [0.2, 0.25) is 0 Å². The molecule has 0 aliphatic rings. The standard InChI is InChI=1S/C17H23N3S/c1-4-14-7-5-6-8-15(14)11-19-17(18-3)20-12-16-13(2)9-10-21-16/h5-10H,4,11-12H2,1-3H3,(H2,18,19,20). The number of nitrogens with one attached hydrogen (secondary N) is 2. The molecule has 4 heteroatoms. The lowest BCUT2D eigenvalue weighted by Gasteiger charge is -2.13. The molecule has 0 saturated heterocycles. The van der Waals surface area contributed by atoms with Crippen molar-refractivity contribution in [2.24, 2.45) is 4.99 Å². The lowest BCUT2D eigenvalue weighted by Crippen LogP contribution is -2.36. The zero-order chi connectivity index (χ0) is 15.1. The van der Waals surface area contributed by atoms with Gasteiger partial charge in [-0.05, 0) is 41.5 Å². The number of rotatable bonds is 5. The van der Waals surface area contributed by atoms with Crippen molar-refractivity contribution in [1.29, 1.82) is 0 Å². The number of aliphatic imine (C=N–C) groups is 1. The van der Waals surface area contributed by atoms with Gasteiger partial charge in [-0.3, -0.25) is 4.99 Å². The highest BCUT2D eigenvalue weighted by Gasteiger charge is 2.04. The third-order valence-electron chi connectivity index (χ3n) is 3.55. The van der Waals surface area contributed by atoms with Crippen LogP contribution in [0.1, 0.15) is 28.5 Å². The number of thiophene rings is 1. The molecule has 2 rings (SSSR count). The fourth-order valence-corrected chi connectivity index (χ4v) is 3.07. The molecule has 1 heterocycles. The van der Waals surface area contributed by atoms with Gasteiger partial charge >= 0.3 is 0 Å². The van der Waals surface area contributed by atoms with E-state index in [9.17, 15) is 0 Å². The summed E-state index contributed by atoms with van der Waals surface area (Å²) in [6.07, 6.45) is 1.05. The predicted octanol–water partition coefficient (Wildman–Crippen LogP) is 3.48. The van der Waals surface area contributed by atoms with E-state index in [0.29, 0.717) is 0 Å². The van der Waals surface area contributed by atoms with Crippen molar-refractivity contribution < 1.29 is 0 Å². The molecule has 1 aromatic heterocycles. The highest BCUT2D eigenvalue weighted by Crippen LogP contribution is 2.14. The monoisotopic (exact) mass is 301 g/mol. The maximum absolute atomic E-state index is 4.29. The van der Waals surface area contributed by atoms with Crippen LogP contribution >= 0.6 is 11.3 Å². The van der Waals surface area contributed by atoms with Gasteiger partial charge in [-0.2, -0.15) is 0 Å². The van der Waals surface area contributed by atoms with Gasteiger partial charge in [0.1, 0.15) is 0 Å². The summed E-state index contributed by atoms with van der Waals surface area (Å²) in [5, 5.41) is 8.88. The zero-order valence-corrected chi connectivity index (χ0v) is 13.8. The van der Waals surface area contributed by atoms with E-state index in [2.05, 4.69) is 65.2 Å². The molecule has 0 atom stereocenters. The summed E-state index contributed by atoms with van der Waals surface area (Å²) in [5.74, 6) is 0.841. The van der Waals surface area contributed by atoms with Crippen LogP contribution in [0.4, 0.5) is 0 Å². The second kappa shape index (κ2) is 7.84. The van der Waals surface area contributed by atoms with Crippen LogP contribution < -0.4 is 10.6 Å². The molecule has 0 aliphatic carbocycles. The minimum absolute atomic E-state index is 0.799. The average Bonchev–Trinajstić information content (AvgIpc) is 2.93. The maximum Gasteiger partial charge on any atom is 0.191 e. The summed E-state index contributed by atoms with van der Waals surface area (Å²) in [6, 6.07) is 10.7. The van der Waals surface area contributed by atoms with Crippen molar-refractivity contribution >= 4 is 17.3 Å². The Labute approximate surface area is 131 Å². The fourth-order valence-electron chi connectivity index (χ4n) is 2.22. The van der Waals surface area contributed by atoms with Crippen molar-refractivity contribution in [3.05, 3.63) is 57.3 Å². The Morgan fingerprint density at radius 1 is 1.10 bits per heavy atom. The predicted molar refractivity (Wildman–Crippen MR) is 91.9 cm³/mol. The molecule has 0 unspecified atom stereocenters. The molecule has 0 aliphatic heterocycles. The number of benzene rings is 1. The number of hydrogen-bond acceptors (Lipinski definition) is 2. The van der Waals surface area contributed by atoms with Gasteiger partial charge in [0.25, 0.3) is 0 Å². The topological polar surface area (TPSA) is 36.4 Å². The Morgan fingerprint density at radius 2 is 1.81 bits per heavy atom. The third kappa shape index (κ3) is 4.33. The molecule has 0 spiro atoms. The van der Waals surface area contributed by atoms with Gasteiger partial charge in [0.05, 0.1) is 6.54 Å². The van der Waals surface area contributed by atoms with Gasteiger partial charge in [0, 0.05) is 18.5 Å². The van der Waals surface area contributed by atoms with Gasteiger partial charge in [0.2, 0.25) is 0 Å². The van der Waals surface area contributed by atoms with Gasteiger partial charge in [0.15, 0.2) is 5.96 Å². The minimum Gasteiger partial charge on any atom is -0.352 e. The van der Waals surface area contributed by atoms with Crippen LogP contribution in [0.15, 0.2) is 40.7 Å². The second-order valence-electron chi connectivity index (χ2n) is 4.93. The Morgan fingerprint density at radius 3 is 2.43 bits per heavy atom. The molecule has 21 heavy (non-hydrogen) atoms. The van der Waals surface area contributed by atoms with Crippen LogP contribution in [-0.2, 0) is 19.5 Å². The molecular weight excluding hydrogens is 278 g/mol. The summed E-state index contributed by atoms with van der Waals surface area (Å²) in [5.41, 5.74) is 4.05. The van der Waals surface area contributed by atoms with Crippen LogP contribution in [0.3, 0.4) is 0 Å². The largest absolute Gasteiger partial charge is 0.352 e. The molecule has 3 nitrogen and oxygen atoms in total. The quantitative estimate of drug-likeness (QED) is 0.655. The van der Waals surface area contributed by atoms with E-state index >= 15 is 0 Å². The molecule has 0 amide bonds. The lowest BCUT2D eigenvalue weighted by atomic mass is 10.1. The third-order valence-corrected chi connectivity index (χ3v) is 4.58. The normalized spacial score (nSPS) is 11.5. The first kappa shape index (κ1) is 15.6. The van der Waals surface area contributed by atoms with E-state index in [1.54, 1.807) is 11.3 Å². The average molecular weight is 301 g/mol. The molecule has 2 aromatic rings. The number of hydrogen-bond donors (Lipinski definition) is 2. The highest BCUT2D eigenvalue weighted by molar-refractivity contribution is 7.10. The first-order valence-electron chi connectivity index (χ1n) is 7.28.